The molecule has 18 heavy (non-hydrogen) atoms. The Hall–Kier alpha value is -1.10. The van der Waals surface area contributed by atoms with E-state index in [0.29, 0.717) is 18.9 Å². The minimum absolute atomic E-state index is 0.137. The Bertz CT molecular complexity index is 365. The number of hydrogen-bond acceptors (Lipinski definition) is 3. The monoisotopic (exact) mass is 251 g/mol. The van der Waals surface area contributed by atoms with E-state index in [4.69, 9.17) is 5.73 Å². The molecule has 0 radical (unpaired) electrons. The van der Waals surface area contributed by atoms with Gasteiger partial charge in [0.2, 0.25) is 11.8 Å². The molecule has 2 saturated heterocycles. The van der Waals surface area contributed by atoms with Crippen LogP contribution in [0.2, 0.25) is 0 Å². The van der Waals surface area contributed by atoms with Crippen molar-refractivity contribution in [2.45, 2.75) is 44.2 Å². The van der Waals surface area contributed by atoms with Gasteiger partial charge in [-0.05, 0) is 31.6 Å². The molecule has 2 heterocycles. The summed E-state index contributed by atoms with van der Waals surface area (Å²) in [6.07, 6.45) is 4.30. The van der Waals surface area contributed by atoms with Gasteiger partial charge in [0.05, 0.1) is 6.04 Å². The van der Waals surface area contributed by atoms with E-state index in [-0.39, 0.29) is 29.8 Å². The first-order valence-corrected chi connectivity index (χ1v) is 6.97. The molecule has 1 saturated carbocycles. The normalized spacial score (nSPS) is 39.6. The summed E-state index contributed by atoms with van der Waals surface area (Å²) in [5.41, 5.74) is 5.73. The van der Waals surface area contributed by atoms with Crippen LogP contribution >= 0.6 is 0 Å². The number of amides is 2. The van der Waals surface area contributed by atoms with Crippen molar-refractivity contribution >= 4 is 11.8 Å². The molecule has 0 aromatic rings. The van der Waals surface area contributed by atoms with E-state index in [0.717, 1.165) is 32.2 Å². The lowest BCUT2D eigenvalue weighted by Gasteiger charge is -2.34. The van der Waals surface area contributed by atoms with Crippen LogP contribution < -0.4 is 11.1 Å². The molecule has 2 unspecified atom stereocenters. The third-order valence-corrected chi connectivity index (χ3v) is 4.60. The number of nitrogens with zero attached hydrogens (tertiary/aromatic N) is 1. The number of carbonyl (C=O) groups excluding carboxylic acids is 2. The maximum Gasteiger partial charge on any atom is 0.225 e. The molecule has 0 aromatic heterocycles. The van der Waals surface area contributed by atoms with Gasteiger partial charge in [-0.3, -0.25) is 9.59 Å². The third kappa shape index (κ3) is 2.11. The van der Waals surface area contributed by atoms with Gasteiger partial charge in [-0.25, -0.2) is 0 Å². The molecule has 1 aliphatic carbocycles. The van der Waals surface area contributed by atoms with Gasteiger partial charge in [0.25, 0.3) is 0 Å². The number of likely N-dealkylation sites (tertiary alicyclic amines) is 1. The molecule has 0 spiro atoms. The Morgan fingerprint density at radius 1 is 1.33 bits per heavy atom. The lowest BCUT2D eigenvalue weighted by Crippen LogP contribution is -2.47. The second-order valence-corrected chi connectivity index (χ2v) is 6.00. The van der Waals surface area contributed by atoms with Crippen LogP contribution in [-0.2, 0) is 9.59 Å². The van der Waals surface area contributed by atoms with Gasteiger partial charge in [0.15, 0.2) is 0 Å². The molecule has 3 rings (SSSR count). The molecule has 3 aliphatic rings. The quantitative estimate of drug-likeness (QED) is 0.680. The molecular formula is C13H21N3O2. The highest BCUT2D eigenvalue weighted by atomic mass is 16.2. The largest absolute Gasteiger partial charge is 0.351 e. The number of carbonyl (C=O) groups is 2. The van der Waals surface area contributed by atoms with Crippen LogP contribution in [0.4, 0.5) is 0 Å². The summed E-state index contributed by atoms with van der Waals surface area (Å²) in [5.74, 6) is 0.980. The summed E-state index contributed by atoms with van der Waals surface area (Å²) < 4.78 is 0. The summed E-state index contributed by atoms with van der Waals surface area (Å²) in [6, 6.07) is 0.393. The SMILES string of the molecule is NC1CC(C(=O)N2CC3CCCC(=O)NC3C2)C1. The fourth-order valence-corrected chi connectivity index (χ4v) is 3.43. The maximum absolute atomic E-state index is 12.2. The van der Waals surface area contributed by atoms with Gasteiger partial charge in [-0.1, -0.05) is 0 Å². The van der Waals surface area contributed by atoms with Crippen molar-refractivity contribution in [3.05, 3.63) is 0 Å². The molecule has 5 nitrogen and oxygen atoms in total. The van der Waals surface area contributed by atoms with Gasteiger partial charge >= 0.3 is 0 Å². The third-order valence-electron chi connectivity index (χ3n) is 4.60. The Morgan fingerprint density at radius 2 is 2.11 bits per heavy atom. The smallest absolute Gasteiger partial charge is 0.225 e. The number of fused-ring (bicyclic) bond motifs is 1. The average Bonchev–Trinajstić information content (AvgIpc) is 2.60. The molecule has 0 bridgehead atoms. The average molecular weight is 251 g/mol. The Balaban J connectivity index is 1.60. The minimum Gasteiger partial charge on any atom is -0.351 e. The van der Waals surface area contributed by atoms with Gasteiger partial charge in [0, 0.05) is 31.5 Å². The summed E-state index contributed by atoms with van der Waals surface area (Å²) >= 11 is 0. The van der Waals surface area contributed by atoms with Crippen LogP contribution in [-0.4, -0.2) is 41.9 Å². The molecular weight excluding hydrogens is 230 g/mol. The minimum atomic E-state index is 0.137. The Kier molecular flexibility index (Phi) is 3.01. The Labute approximate surface area is 107 Å². The number of nitrogens with two attached hydrogens (primary N) is 1. The van der Waals surface area contributed by atoms with Crippen molar-refractivity contribution in [3.63, 3.8) is 0 Å². The standard InChI is InChI=1S/C13H21N3O2/c14-10-4-9(5-10)13(18)16-6-8-2-1-3-12(17)15-11(8)7-16/h8-11H,1-7,14H2,(H,15,17). The summed E-state index contributed by atoms with van der Waals surface area (Å²) in [7, 11) is 0. The molecule has 3 N–H and O–H groups in total. The van der Waals surface area contributed by atoms with Crippen molar-refractivity contribution in [1.82, 2.24) is 10.2 Å². The number of hydrogen-bond donors (Lipinski definition) is 2. The molecule has 5 heteroatoms. The Morgan fingerprint density at radius 3 is 2.83 bits per heavy atom. The van der Waals surface area contributed by atoms with Crippen LogP contribution in [0, 0.1) is 11.8 Å². The lowest BCUT2D eigenvalue weighted by atomic mass is 9.80. The van der Waals surface area contributed by atoms with E-state index in [1.54, 1.807) is 0 Å². The second-order valence-electron chi connectivity index (χ2n) is 6.00. The van der Waals surface area contributed by atoms with Crippen molar-refractivity contribution < 1.29 is 9.59 Å². The van der Waals surface area contributed by atoms with Crippen molar-refractivity contribution in [3.8, 4) is 0 Å². The van der Waals surface area contributed by atoms with E-state index >= 15 is 0 Å². The van der Waals surface area contributed by atoms with Crippen LogP contribution in [0.25, 0.3) is 0 Å². The van der Waals surface area contributed by atoms with E-state index in [2.05, 4.69) is 5.32 Å². The van der Waals surface area contributed by atoms with Crippen LogP contribution in [0.15, 0.2) is 0 Å². The highest BCUT2D eigenvalue weighted by Gasteiger charge is 2.41. The predicted octanol–water partition coefficient (Wildman–Crippen LogP) is -0.149. The lowest BCUT2D eigenvalue weighted by molar-refractivity contribution is -0.138. The zero-order valence-corrected chi connectivity index (χ0v) is 10.6. The van der Waals surface area contributed by atoms with E-state index in [9.17, 15) is 9.59 Å². The van der Waals surface area contributed by atoms with Gasteiger partial charge in [-0.15, -0.1) is 0 Å². The van der Waals surface area contributed by atoms with E-state index in [1.165, 1.54) is 0 Å². The molecule has 100 valence electrons. The van der Waals surface area contributed by atoms with Crippen molar-refractivity contribution in [2.24, 2.45) is 17.6 Å². The molecule has 3 fully saturated rings. The first-order valence-electron chi connectivity index (χ1n) is 6.97. The summed E-state index contributed by atoms with van der Waals surface area (Å²) in [4.78, 5) is 25.7. The maximum atomic E-state index is 12.2. The number of nitrogens with one attached hydrogen (secondary N) is 1. The van der Waals surface area contributed by atoms with Crippen LogP contribution in [0.5, 0.6) is 0 Å². The first-order chi connectivity index (χ1) is 8.63. The molecule has 2 aliphatic heterocycles. The molecule has 2 amide bonds. The van der Waals surface area contributed by atoms with Crippen LogP contribution in [0.3, 0.4) is 0 Å². The summed E-state index contributed by atoms with van der Waals surface area (Å²) in [5, 5.41) is 3.05. The van der Waals surface area contributed by atoms with Crippen LogP contribution in [0.1, 0.15) is 32.1 Å². The van der Waals surface area contributed by atoms with Crippen molar-refractivity contribution in [2.75, 3.05) is 13.1 Å². The topological polar surface area (TPSA) is 75.4 Å². The van der Waals surface area contributed by atoms with E-state index in [1.807, 2.05) is 4.90 Å². The molecule has 2 atom stereocenters. The highest BCUT2D eigenvalue weighted by Crippen LogP contribution is 2.31. The fourth-order valence-electron chi connectivity index (χ4n) is 3.43. The highest BCUT2D eigenvalue weighted by molar-refractivity contribution is 5.81. The number of rotatable bonds is 1. The van der Waals surface area contributed by atoms with E-state index < -0.39 is 0 Å². The molecule has 0 aromatic carbocycles. The first kappa shape index (κ1) is 12.0. The summed E-state index contributed by atoms with van der Waals surface area (Å²) in [6.45, 7) is 1.51. The fraction of sp³-hybridized carbons (Fsp3) is 0.846. The van der Waals surface area contributed by atoms with Gasteiger partial charge < -0.3 is 16.0 Å². The second kappa shape index (κ2) is 4.53. The zero-order chi connectivity index (χ0) is 12.7. The van der Waals surface area contributed by atoms with Gasteiger partial charge in [0.1, 0.15) is 0 Å². The van der Waals surface area contributed by atoms with Crippen molar-refractivity contribution in [1.29, 1.82) is 0 Å². The van der Waals surface area contributed by atoms with Gasteiger partial charge in [-0.2, -0.15) is 0 Å². The predicted molar refractivity (Wildman–Crippen MR) is 66.6 cm³/mol. The zero-order valence-electron chi connectivity index (χ0n) is 10.6.